The van der Waals surface area contributed by atoms with E-state index in [1.54, 1.807) is 12.1 Å². The predicted molar refractivity (Wildman–Crippen MR) is 72.4 cm³/mol. The Bertz CT molecular complexity index is 418. The molecule has 4 N–H and O–H groups in total. The number of rotatable bonds is 5. The minimum Gasteiger partial charge on any atom is -0.507 e. The Morgan fingerprint density at radius 1 is 1.33 bits per heavy atom. The first-order valence-corrected chi connectivity index (χ1v) is 6.15. The molecule has 0 heterocycles. The van der Waals surface area contributed by atoms with Crippen LogP contribution in [0.15, 0.2) is 12.1 Å². The maximum atomic E-state index is 11.5. The Morgan fingerprint density at radius 3 is 2.22 bits per heavy atom. The van der Waals surface area contributed by atoms with E-state index < -0.39 is 11.9 Å². The molecular formula is C14H22N2O2. The zero-order valence-electron chi connectivity index (χ0n) is 11.4. The molecule has 1 aromatic carbocycles. The number of amides is 1. The number of hydrogen-bond donors (Lipinski definition) is 3. The SMILES string of the molecule is Cc1cc(C(NCC(C)C)C(N)=O)cc(C)c1O. The largest absolute Gasteiger partial charge is 0.507 e. The molecule has 1 atom stereocenters. The number of carbonyl (C=O) groups excluding carboxylic acids is 1. The summed E-state index contributed by atoms with van der Waals surface area (Å²) in [5.74, 6) is 0.303. The first kappa shape index (κ1) is 14.5. The van der Waals surface area contributed by atoms with Gasteiger partial charge in [0, 0.05) is 0 Å². The molecule has 1 rings (SSSR count). The Labute approximate surface area is 108 Å². The van der Waals surface area contributed by atoms with E-state index in [0.29, 0.717) is 12.5 Å². The number of phenolic OH excluding ortho intramolecular Hbond substituents is 1. The average Bonchev–Trinajstić information content (AvgIpc) is 2.25. The van der Waals surface area contributed by atoms with Crippen molar-refractivity contribution in [3.05, 3.63) is 28.8 Å². The second kappa shape index (κ2) is 5.87. The van der Waals surface area contributed by atoms with Crippen LogP contribution in [0.3, 0.4) is 0 Å². The standard InChI is InChI=1S/C14H22N2O2/c1-8(2)7-16-12(14(15)18)11-5-9(3)13(17)10(4)6-11/h5-6,8,12,16-17H,7H2,1-4H3,(H2,15,18). The molecule has 0 saturated carbocycles. The number of aromatic hydroxyl groups is 1. The maximum absolute atomic E-state index is 11.5. The van der Waals surface area contributed by atoms with Crippen LogP contribution in [-0.2, 0) is 4.79 Å². The van der Waals surface area contributed by atoms with Crippen LogP contribution in [0.1, 0.15) is 36.6 Å². The number of aryl methyl sites for hydroxylation is 2. The lowest BCUT2D eigenvalue weighted by molar-refractivity contribution is -0.120. The summed E-state index contributed by atoms with van der Waals surface area (Å²) < 4.78 is 0. The Balaban J connectivity index is 3.03. The molecule has 18 heavy (non-hydrogen) atoms. The predicted octanol–water partition coefficient (Wildman–Crippen LogP) is 1.78. The smallest absolute Gasteiger partial charge is 0.239 e. The van der Waals surface area contributed by atoms with Crippen molar-refractivity contribution in [1.29, 1.82) is 0 Å². The van der Waals surface area contributed by atoms with Gasteiger partial charge in [-0.3, -0.25) is 4.79 Å². The third-order valence-electron chi connectivity index (χ3n) is 2.86. The van der Waals surface area contributed by atoms with Gasteiger partial charge in [0.1, 0.15) is 11.8 Å². The van der Waals surface area contributed by atoms with Crippen LogP contribution in [0.25, 0.3) is 0 Å². The number of primary amides is 1. The van der Waals surface area contributed by atoms with E-state index in [1.807, 2.05) is 13.8 Å². The van der Waals surface area contributed by atoms with Crippen molar-refractivity contribution < 1.29 is 9.90 Å². The highest BCUT2D eigenvalue weighted by Gasteiger charge is 2.19. The summed E-state index contributed by atoms with van der Waals surface area (Å²) >= 11 is 0. The van der Waals surface area contributed by atoms with Crippen LogP contribution in [0, 0.1) is 19.8 Å². The first-order valence-electron chi connectivity index (χ1n) is 6.15. The summed E-state index contributed by atoms with van der Waals surface area (Å²) in [6.07, 6.45) is 0. The molecule has 0 spiro atoms. The van der Waals surface area contributed by atoms with Crippen molar-refractivity contribution in [3.8, 4) is 5.75 Å². The van der Waals surface area contributed by atoms with Crippen molar-refractivity contribution >= 4 is 5.91 Å². The van der Waals surface area contributed by atoms with E-state index in [2.05, 4.69) is 19.2 Å². The highest BCUT2D eigenvalue weighted by Crippen LogP contribution is 2.26. The van der Waals surface area contributed by atoms with E-state index in [4.69, 9.17) is 5.73 Å². The number of nitrogens with one attached hydrogen (secondary N) is 1. The van der Waals surface area contributed by atoms with Crippen LogP contribution in [0.5, 0.6) is 5.75 Å². The third kappa shape index (κ3) is 3.47. The summed E-state index contributed by atoms with van der Waals surface area (Å²) in [4.78, 5) is 11.5. The van der Waals surface area contributed by atoms with Gasteiger partial charge in [-0.25, -0.2) is 0 Å². The molecule has 0 saturated heterocycles. The number of benzene rings is 1. The third-order valence-corrected chi connectivity index (χ3v) is 2.86. The molecule has 0 fully saturated rings. The summed E-state index contributed by atoms with van der Waals surface area (Å²) in [7, 11) is 0. The van der Waals surface area contributed by atoms with Gasteiger partial charge in [0.2, 0.25) is 5.91 Å². The second-order valence-electron chi connectivity index (χ2n) is 5.14. The van der Waals surface area contributed by atoms with E-state index >= 15 is 0 Å². The van der Waals surface area contributed by atoms with Gasteiger partial charge in [-0.05, 0) is 43.0 Å². The molecule has 0 aliphatic carbocycles. The second-order valence-corrected chi connectivity index (χ2v) is 5.14. The van der Waals surface area contributed by atoms with Crippen LogP contribution in [-0.4, -0.2) is 17.6 Å². The molecule has 1 amide bonds. The number of nitrogens with two attached hydrogens (primary N) is 1. The molecule has 100 valence electrons. The van der Waals surface area contributed by atoms with Gasteiger partial charge < -0.3 is 16.2 Å². The summed E-state index contributed by atoms with van der Waals surface area (Å²) in [5.41, 5.74) is 7.74. The Kier molecular flexibility index (Phi) is 4.73. The van der Waals surface area contributed by atoms with E-state index in [9.17, 15) is 9.90 Å². The highest BCUT2D eigenvalue weighted by molar-refractivity contribution is 5.81. The van der Waals surface area contributed by atoms with Gasteiger partial charge in [-0.1, -0.05) is 26.0 Å². The van der Waals surface area contributed by atoms with E-state index in [1.165, 1.54) is 0 Å². The zero-order chi connectivity index (χ0) is 13.9. The van der Waals surface area contributed by atoms with Crippen molar-refractivity contribution in [2.24, 2.45) is 11.7 Å². The molecule has 0 radical (unpaired) electrons. The van der Waals surface area contributed by atoms with Crippen LogP contribution in [0.2, 0.25) is 0 Å². The first-order chi connectivity index (χ1) is 8.32. The summed E-state index contributed by atoms with van der Waals surface area (Å²) in [6, 6.07) is 3.08. The quantitative estimate of drug-likeness (QED) is 0.745. The van der Waals surface area contributed by atoms with Crippen LogP contribution < -0.4 is 11.1 Å². The topological polar surface area (TPSA) is 75.3 Å². The lowest BCUT2D eigenvalue weighted by atomic mass is 9.99. The van der Waals surface area contributed by atoms with Gasteiger partial charge in [-0.15, -0.1) is 0 Å². The lowest BCUT2D eigenvalue weighted by Gasteiger charge is -2.19. The van der Waals surface area contributed by atoms with Crippen molar-refractivity contribution in [3.63, 3.8) is 0 Å². The van der Waals surface area contributed by atoms with Gasteiger partial charge in [0.15, 0.2) is 0 Å². The minimum atomic E-state index is -0.509. The lowest BCUT2D eigenvalue weighted by Crippen LogP contribution is -2.35. The van der Waals surface area contributed by atoms with Crippen LogP contribution >= 0.6 is 0 Å². The molecule has 4 heteroatoms. The monoisotopic (exact) mass is 250 g/mol. The summed E-state index contributed by atoms with van der Waals surface area (Å²) in [5, 5.41) is 12.9. The minimum absolute atomic E-state index is 0.269. The number of carbonyl (C=O) groups is 1. The number of phenols is 1. The molecule has 1 unspecified atom stereocenters. The molecule has 0 aromatic heterocycles. The Morgan fingerprint density at radius 2 is 1.83 bits per heavy atom. The molecule has 0 aliphatic rings. The van der Waals surface area contributed by atoms with Crippen molar-refractivity contribution in [1.82, 2.24) is 5.32 Å². The van der Waals surface area contributed by atoms with Gasteiger partial charge in [0.05, 0.1) is 0 Å². The van der Waals surface area contributed by atoms with Gasteiger partial charge in [0.25, 0.3) is 0 Å². The molecule has 4 nitrogen and oxygen atoms in total. The highest BCUT2D eigenvalue weighted by atomic mass is 16.3. The van der Waals surface area contributed by atoms with Crippen molar-refractivity contribution in [2.75, 3.05) is 6.54 Å². The average molecular weight is 250 g/mol. The van der Waals surface area contributed by atoms with Crippen LogP contribution in [0.4, 0.5) is 0 Å². The molecule has 1 aromatic rings. The normalized spacial score (nSPS) is 12.7. The summed E-state index contributed by atoms with van der Waals surface area (Å²) in [6.45, 7) is 8.47. The van der Waals surface area contributed by atoms with E-state index in [0.717, 1.165) is 16.7 Å². The zero-order valence-corrected chi connectivity index (χ0v) is 11.4. The fourth-order valence-electron chi connectivity index (χ4n) is 1.89. The fraction of sp³-hybridized carbons (Fsp3) is 0.500. The molecule has 0 aliphatic heterocycles. The molecular weight excluding hydrogens is 228 g/mol. The van der Waals surface area contributed by atoms with Gasteiger partial charge >= 0.3 is 0 Å². The number of hydrogen-bond acceptors (Lipinski definition) is 3. The Hall–Kier alpha value is -1.55. The van der Waals surface area contributed by atoms with Crippen molar-refractivity contribution in [2.45, 2.75) is 33.7 Å². The fourth-order valence-corrected chi connectivity index (χ4v) is 1.89. The maximum Gasteiger partial charge on any atom is 0.239 e. The van der Waals surface area contributed by atoms with E-state index in [-0.39, 0.29) is 5.75 Å². The molecule has 0 bridgehead atoms. The van der Waals surface area contributed by atoms with Gasteiger partial charge in [-0.2, -0.15) is 0 Å².